The third-order valence-corrected chi connectivity index (χ3v) is 6.33. The summed E-state index contributed by atoms with van der Waals surface area (Å²) in [6, 6.07) is 9.04. The van der Waals surface area contributed by atoms with Crippen LogP contribution in [0.25, 0.3) is 0 Å². The van der Waals surface area contributed by atoms with Crippen LogP contribution in [0.2, 0.25) is 0 Å². The van der Waals surface area contributed by atoms with Gasteiger partial charge in [-0.3, -0.25) is 4.79 Å². The van der Waals surface area contributed by atoms with Crippen molar-refractivity contribution < 1.29 is 23.1 Å². The van der Waals surface area contributed by atoms with Crippen LogP contribution in [0, 0.1) is 12.8 Å². The molecule has 1 fully saturated rings. The van der Waals surface area contributed by atoms with E-state index in [4.69, 9.17) is 0 Å². The van der Waals surface area contributed by atoms with Gasteiger partial charge in [-0.2, -0.15) is 13.2 Å². The van der Waals surface area contributed by atoms with Crippen LogP contribution in [-0.2, 0) is 16.4 Å². The molecule has 1 heterocycles. The molecule has 2 N–H and O–H groups in total. The first-order chi connectivity index (χ1) is 13.3. The number of aromatic hydroxyl groups is 1. The standard InChI is InChI=1S/C22H22F3NO2/c1-13-17(22(23,24)25)11-12-18-19(13)26-20(28)21(18,14-5-3-2-4-6-14)15-7-9-16(27)10-8-15/h7-12,14,27H,2-6H2,1H3,(H,26,28). The number of fused-ring (bicyclic) bond motifs is 1. The second kappa shape index (κ2) is 6.54. The number of carbonyl (C=O) groups excluding carboxylic acids is 1. The number of benzene rings is 2. The molecule has 1 aliphatic heterocycles. The van der Waals surface area contributed by atoms with Gasteiger partial charge in [-0.15, -0.1) is 0 Å². The van der Waals surface area contributed by atoms with E-state index in [9.17, 15) is 23.1 Å². The summed E-state index contributed by atoms with van der Waals surface area (Å²) >= 11 is 0. The number of phenols is 1. The molecule has 1 saturated carbocycles. The van der Waals surface area contributed by atoms with Gasteiger partial charge in [0.1, 0.15) is 11.2 Å². The number of nitrogens with one attached hydrogen (secondary N) is 1. The first-order valence-electron chi connectivity index (χ1n) is 9.58. The van der Waals surface area contributed by atoms with Crippen LogP contribution in [0.15, 0.2) is 36.4 Å². The third kappa shape index (κ3) is 2.69. The second-order valence-corrected chi connectivity index (χ2v) is 7.80. The van der Waals surface area contributed by atoms with Crippen LogP contribution in [0.4, 0.5) is 18.9 Å². The Kier molecular flexibility index (Phi) is 4.40. The predicted molar refractivity (Wildman–Crippen MR) is 100 cm³/mol. The quantitative estimate of drug-likeness (QED) is 0.709. The number of phenolic OH excluding ortho intramolecular Hbond substituents is 1. The Bertz CT molecular complexity index is 915. The molecule has 2 aliphatic rings. The number of amides is 1. The van der Waals surface area contributed by atoms with E-state index in [1.54, 1.807) is 12.1 Å². The maximum atomic E-state index is 13.4. The Morgan fingerprint density at radius 3 is 2.29 bits per heavy atom. The lowest BCUT2D eigenvalue weighted by molar-refractivity contribution is -0.138. The summed E-state index contributed by atoms with van der Waals surface area (Å²) < 4.78 is 40.2. The van der Waals surface area contributed by atoms with E-state index in [1.165, 1.54) is 25.1 Å². The second-order valence-electron chi connectivity index (χ2n) is 7.80. The van der Waals surface area contributed by atoms with Crippen molar-refractivity contribution >= 4 is 11.6 Å². The molecular weight excluding hydrogens is 367 g/mol. The minimum atomic E-state index is -4.47. The lowest BCUT2D eigenvalue weighted by Crippen LogP contribution is -2.43. The van der Waals surface area contributed by atoms with Crippen LogP contribution in [-0.4, -0.2) is 11.0 Å². The number of halogens is 3. The number of hydrogen-bond donors (Lipinski definition) is 2. The van der Waals surface area contributed by atoms with E-state index >= 15 is 0 Å². The van der Waals surface area contributed by atoms with Gasteiger partial charge in [0.05, 0.1) is 5.56 Å². The van der Waals surface area contributed by atoms with Gasteiger partial charge in [0.15, 0.2) is 0 Å². The lowest BCUT2D eigenvalue weighted by atomic mass is 9.62. The first kappa shape index (κ1) is 18.8. The van der Waals surface area contributed by atoms with Crippen molar-refractivity contribution in [2.24, 2.45) is 5.92 Å². The predicted octanol–water partition coefficient (Wildman–Crippen LogP) is 5.54. The summed E-state index contributed by atoms with van der Waals surface area (Å²) in [5, 5.41) is 12.5. The van der Waals surface area contributed by atoms with E-state index in [-0.39, 0.29) is 28.8 Å². The summed E-state index contributed by atoms with van der Waals surface area (Å²) in [6.45, 7) is 1.41. The molecule has 1 atom stereocenters. The molecule has 0 spiro atoms. The van der Waals surface area contributed by atoms with E-state index < -0.39 is 17.2 Å². The fourth-order valence-electron chi connectivity index (χ4n) is 5.03. The molecule has 1 aliphatic carbocycles. The fourth-order valence-corrected chi connectivity index (χ4v) is 5.03. The molecule has 1 amide bonds. The summed E-state index contributed by atoms with van der Waals surface area (Å²) in [6.07, 6.45) is 0.294. The Morgan fingerprint density at radius 1 is 1.04 bits per heavy atom. The summed E-state index contributed by atoms with van der Waals surface area (Å²) in [4.78, 5) is 13.4. The van der Waals surface area contributed by atoms with Crippen molar-refractivity contribution in [1.82, 2.24) is 0 Å². The molecule has 6 heteroatoms. The lowest BCUT2D eigenvalue weighted by Gasteiger charge is -2.39. The highest BCUT2D eigenvalue weighted by molar-refractivity contribution is 6.10. The van der Waals surface area contributed by atoms with Gasteiger partial charge >= 0.3 is 6.18 Å². The third-order valence-electron chi connectivity index (χ3n) is 6.33. The summed E-state index contributed by atoms with van der Waals surface area (Å²) in [5.74, 6) is -0.185. The minimum absolute atomic E-state index is 0.00294. The van der Waals surface area contributed by atoms with Crippen molar-refractivity contribution in [2.75, 3.05) is 5.32 Å². The molecule has 4 rings (SSSR count). The van der Waals surface area contributed by atoms with Gasteiger partial charge in [0.25, 0.3) is 0 Å². The highest BCUT2D eigenvalue weighted by atomic mass is 19.4. The van der Waals surface area contributed by atoms with E-state index in [0.717, 1.165) is 38.2 Å². The zero-order valence-corrected chi connectivity index (χ0v) is 15.6. The number of carbonyl (C=O) groups is 1. The number of anilines is 1. The Labute approximate surface area is 161 Å². The summed E-state index contributed by atoms with van der Waals surface area (Å²) in [7, 11) is 0. The highest BCUT2D eigenvalue weighted by Gasteiger charge is 2.54. The van der Waals surface area contributed by atoms with Gasteiger partial charge in [-0.1, -0.05) is 37.5 Å². The smallest absolute Gasteiger partial charge is 0.416 e. The van der Waals surface area contributed by atoms with Crippen molar-refractivity contribution in [3.05, 3.63) is 58.7 Å². The molecule has 1 unspecified atom stereocenters. The molecule has 2 aromatic carbocycles. The van der Waals surface area contributed by atoms with Crippen LogP contribution < -0.4 is 5.32 Å². The average molecular weight is 389 g/mol. The van der Waals surface area contributed by atoms with Gasteiger partial charge in [0, 0.05) is 5.69 Å². The maximum Gasteiger partial charge on any atom is 0.416 e. The largest absolute Gasteiger partial charge is 0.508 e. The number of alkyl halides is 3. The van der Waals surface area contributed by atoms with Crippen LogP contribution in [0.5, 0.6) is 5.75 Å². The topological polar surface area (TPSA) is 49.3 Å². The van der Waals surface area contributed by atoms with Gasteiger partial charge in [-0.05, 0) is 60.6 Å². The van der Waals surface area contributed by atoms with E-state index in [1.807, 2.05) is 0 Å². The average Bonchev–Trinajstić information content (AvgIpc) is 2.96. The maximum absolute atomic E-state index is 13.4. The molecule has 0 radical (unpaired) electrons. The highest BCUT2D eigenvalue weighted by Crippen LogP contribution is 2.54. The monoisotopic (exact) mass is 389 g/mol. The van der Waals surface area contributed by atoms with Crippen LogP contribution in [0.3, 0.4) is 0 Å². The fraction of sp³-hybridized carbons (Fsp3) is 0.409. The SMILES string of the molecule is Cc1c(C(F)(F)F)ccc2c1NC(=O)C2(c1ccc(O)cc1)C1CCCCC1. The Hall–Kier alpha value is -2.50. The van der Waals surface area contributed by atoms with E-state index in [2.05, 4.69) is 5.32 Å². The number of rotatable bonds is 2. The van der Waals surface area contributed by atoms with Crippen LogP contribution >= 0.6 is 0 Å². The van der Waals surface area contributed by atoms with Gasteiger partial charge in [-0.25, -0.2) is 0 Å². The van der Waals surface area contributed by atoms with Gasteiger partial charge < -0.3 is 10.4 Å². The molecule has 0 aromatic heterocycles. The first-order valence-corrected chi connectivity index (χ1v) is 9.58. The van der Waals surface area contributed by atoms with Crippen molar-refractivity contribution in [2.45, 2.75) is 50.6 Å². The molecule has 0 saturated heterocycles. The van der Waals surface area contributed by atoms with Crippen molar-refractivity contribution in [1.29, 1.82) is 0 Å². The zero-order valence-electron chi connectivity index (χ0n) is 15.6. The summed E-state index contributed by atoms with van der Waals surface area (Å²) in [5.41, 5.74) is -0.101. The molecule has 2 aromatic rings. The normalized spacial score (nSPS) is 22.8. The molecular formula is C22H22F3NO2. The van der Waals surface area contributed by atoms with Gasteiger partial charge in [0.2, 0.25) is 5.91 Å². The molecule has 0 bridgehead atoms. The minimum Gasteiger partial charge on any atom is -0.508 e. The molecule has 28 heavy (non-hydrogen) atoms. The Morgan fingerprint density at radius 2 is 1.68 bits per heavy atom. The Balaban J connectivity index is 1.97. The van der Waals surface area contributed by atoms with Crippen LogP contribution in [0.1, 0.15) is 54.4 Å². The van der Waals surface area contributed by atoms with Crippen molar-refractivity contribution in [3.8, 4) is 5.75 Å². The number of hydrogen-bond acceptors (Lipinski definition) is 2. The van der Waals surface area contributed by atoms with E-state index in [0.29, 0.717) is 11.1 Å². The molecule has 3 nitrogen and oxygen atoms in total. The zero-order chi connectivity index (χ0) is 20.1. The van der Waals surface area contributed by atoms with Crippen molar-refractivity contribution in [3.63, 3.8) is 0 Å². The molecule has 148 valence electrons.